The number of hydrogen-bond donors (Lipinski definition) is 0. The first-order chi connectivity index (χ1) is 45.4. The van der Waals surface area contributed by atoms with Gasteiger partial charge in [0.05, 0.1) is 211 Å². The number of carbonyl (C=O) groups excluding carboxylic acids is 1. The molecule has 0 aliphatic carbocycles. The van der Waals surface area contributed by atoms with Crippen molar-refractivity contribution in [3.8, 4) is 46.0 Å². The SMILES string of the molecule is COCCOCCOCCOc1cc(COc2cc(OCc3cc(OCCOCCOCCOC)c(OCCOCCOCCOC)c(OCCOCCOCCOC)c3)cc(C(=O)OC)c2)cc(OCCOCCOCCOC)c1OCCOCCOCCOC. The second-order valence-corrected chi connectivity index (χ2v) is 19.0. The van der Waals surface area contributed by atoms with E-state index >= 15 is 0 Å². The molecular formula is C64H104O28. The Balaban J connectivity index is 1.95. The summed E-state index contributed by atoms with van der Waals surface area (Å²) >= 11 is 0. The zero-order chi connectivity index (χ0) is 65.8. The van der Waals surface area contributed by atoms with Gasteiger partial charge in [0.2, 0.25) is 11.5 Å². The summed E-state index contributed by atoms with van der Waals surface area (Å²) < 4.78 is 155. The van der Waals surface area contributed by atoms with E-state index in [1.54, 1.807) is 85.1 Å². The van der Waals surface area contributed by atoms with Gasteiger partial charge < -0.3 is 128 Å². The lowest BCUT2D eigenvalue weighted by molar-refractivity contribution is 0.0146. The summed E-state index contributed by atoms with van der Waals surface area (Å²) in [5, 5.41) is 0. The van der Waals surface area contributed by atoms with Crippen molar-refractivity contribution in [3.63, 3.8) is 0 Å². The van der Waals surface area contributed by atoms with Crippen molar-refractivity contribution in [2.45, 2.75) is 13.2 Å². The molecule has 0 saturated heterocycles. The molecule has 3 rings (SSSR count). The van der Waals surface area contributed by atoms with Gasteiger partial charge in [0.1, 0.15) is 64.4 Å². The van der Waals surface area contributed by atoms with Gasteiger partial charge in [-0.1, -0.05) is 0 Å². The molecule has 0 unspecified atom stereocenters. The van der Waals surface area contributed by atoms with Crippen molar-refractivity contribution in [2.75, 3.05) is 288 Å². The third-order valence-electron chi connectivity index (χ3n) is 12.0. The normalized spacial score (nSPS) is 11.3. The Morgan fingerprint density at radius 2 is 0.446 bits per heavy atom. The van der Waals surface area contributed by atoms with Crippen molar-refractivity contribution in [2.24, 2.45) is 0 Å². The van der Waals surface area contributed by atoms with Crippen LogP contribution in [0.4, 0.5) is 0 Å². The molecule has 0 atom stereocenters. The molecule has 0 aliphatic rings. The van der Waals surface area contributed by atoms with Gasteiger partial charge in [-0.25, -0.2) is 4.79 Å². The number of rotatable bonds is 67. The lowest BCUT2D eigenvalue weighted by Crippen LogP contribution is -2.16. The molecule has 28 heteroatoms. The fourth-order valence-corrected chi connectivity index (χ4v) is 7.48. The number of esters is 1. The Morgan fingerprint density at radius 1 is 0.239 bits per heavy atom. The topological polar surface area (TPSA) is 266 Å². The van der Waals surface area contributed by atoms with E-state index in [-0.39, 0.29) is 110 Å². The average Bonchev–Trinajstić information content (AvgIpc) is 0.971. The molecule has 0 N–H and O–H groups in total. The molecule has 3 aromatic carbocycles. The number of ether oxygens (including phenoxy) is 27. The fourth-order valence-electron chi connectivity index (χ4n) is 7.48. The van der Waals surface area contributed by atoms with Crippen LogP contribution in [-0.4, -0.2) is 294 Å². The summed E-state index contributed by atoms with van der Waals surface area (Å²) in [6.07, 6.45) is 0. The van der Waals surface area contributed by atoms with Crippen molar-refractivity contribution in [1.82, 2.24) is 0 Å². The maximum Gasteiger partial charge on any atom is 0.338 e. The minimum absolute atomic E-state index is 0.0287. The highest BCUT2D eigenvalue weighted by Gasteiger charge is 2.20. The molecule has 528 valence electrons. The van der Waals surface area contributed by atoms with Crippen LogP contribution in [-0.2, 0) is 103 Å². The van der Waals surface area contributed by atoms with Gasteiger partial charge >= 0.3 is 5.97 Å². The molecule has 28 nitrogen and oxygen atoms in total. The molecule has 0 bridgehead atoms. The highest BCUT2D eigenvalue weighted by molar-refractivity contribution is 5.90. The molecule has 92 heavy (non-hydrogen) atoms. The molecule has 0 saturated carbocycles. The second-order valence-electron chi connectivity index (χ2n) is 19.0. The third kappa shape index (κ3) is 40.8. The van der Waals surface area contributed by atoms with Crippen molar-refractivity contribution < 1.29 is 133 Å². The first-order valence-electron chi connectivity index (χ1n) is 30.9. The Kier molecular flexibility index (Phi) is 51.4. The van der Waals surface area contributed by atoms with Crippen LogP contribution in [0.2, 0.25) is 0 Å². The van der Waals surface area contributed by atoms with E-state index in [1.165, 1.54) is 7.11 Å². The third-order valence-corrected chi connectivity index (χ3v) is 12.0. The van der Waals surface area contributed by atoms with Gasteiger partial charge in [-0.05, 0) is 47.5 Å². The van der Waals surface area contributed by atoms with Gasteiger partial charge in [0, 0.05) is 48.7 Å². The van der Waals surface area contributed by atoms with Crippen LogP contribution in [0.5, 0.6) is 46.0 Å². The van der Waals surface area contributed by atoms with Gasteiger partial charge in [-0.2, -0.15) is 0 Å². The number of hydrogen-bond acceptors (Lipinski definition) is 28. The average molecular weight is 1320 g/mol. The van der Waals surface area contributed by atoms with Crippen LogP contribution in [0.3, 0.4) is 0 Å². The van der Waals surface area contributed by atoms with Crippen LogP contribution in [0.1, 0.15) is 21.5 Å². The molecule has 0 heterocycles. The molecule has 0 spiro atoms. The van der Waals surface area contributed by atoms with E-state index in [2.05, 4.69) is 0 Å². The van der Waals surface area contributed by atoms with Gasteiger partial charge in [-0.15, -0.1) is 0 Å². The number of carbonyl (C=O) groups is 1. The summed E-state index contributed by atoms with van der Waals surface area (Å²) in [7, 11) is 11.0. The largest absolute Gasteiger partial charge is 0.489 e. The maximum atomic E-state index is 13.3. The van der Waals surface area contributed by atoms with E-state index in [0.29, 0.717) is 204 Å². The van der Waals surface area contributed by atoms with Gasteiger partial charge in [0.25, 0.3) is 0 Å². The minimum atomic E-state index is -0.619. The van der Waals surface area contributed by atoms with Gasteiger partial charge in [0.15, 0.2) is 23.0 Å². The molecule has 0 radical (unpaired) electrons. The zero-order valence-corrected chi connectivity index (χ0v) is 55.3. The lowest BCUT2D eigenvalue weighted by Gasteiger charge is -2.20. The smallest absolute Gasteiger partial charge is 0.338 e. The van der Waals surface area contributed by atoms with E-state index in [4.69, 9.17) is 128 Å². The highest BCUT2D eigenvalue weighted by Crippen LogP contribution is 2.41. The monoisotopic (exact) mass is 1320 g/mol. The standard InChI is InChI=1S/C64H104O28/c1-66-8-14-73-20-26-79-32-38-85-58-44-53(45-59(86-39-33-80-27-21-74-15-9-67-2)62(58)89-42-36-83-30-24-77-18-12-70-5)51-91-56-48-55(64(65)72-7)49-57(50-56)92-52-54-46-60(87-40-34-81-28-22-75-16-10-68-3)63(90-43-37-84-31-25-78-19-13-71-6)61(47-54)88-41-35-82-29-23-76-17-11-69-4/h44-50H,8-43,51-52H2,1-7H3. The first-order valence-corrected chi connectivity index (χ1v) is 30.9. The van der Waals surface area contributed by atoms with E-state index in [0.717, 1.165) is 0 Å². The second kappa shape index (κ2) is 58.4. The predicted molar refractivity (Wildman–Crippen MR) is 333 cm³/mol. The molecular weight excluding hydrogens is 1220 g/mol. The summed E-state index contributed by atoms with van der Waals surface area (Å²) in [4.78, 5) is 13.3. The van der Waals surface area contributed by atoms with E-state index in [1.807, 2.05) is 0 Å². The Morgan fingerprint density at radius 3 is 0.663 bits per heavy atom. The molecule has 0 aromatic heterocycles. The summed E-state index contributed by atoms with van der Waals surface area (Å²) in [5.41, 5.74) is 1.42. The molecule has 0 fully saturated rings. The van der Waals surface area contributed by atoms with Crippen LogP contribution in [0.25, 0.3) is 0 Å². The first kappa shape index (κ1) is 81.0. The van der Waals surface area contributed by atoms with Crippen molar-refractivity contribution in [3.05, 3.63) is 59.2 Å². The quantitative estimate of drug-likeness (QED) is 0.0532. The Labute approximate surface area is 543 Å². The minimum Gasteiger partial charge on any atom is -0.489 e. The molecule has 0 aliphatic heterocycles. The maximum absolute atomic E-state index is 13.3. The van der Waals surface area contributed by atoms with Crippen LogP contribution < -0.4 is 37.9 Å². The Hall–Kier alpha value is -5.19. The lowest BCUT2D eigenvalue weighted by atomic mass is 10.1. The predicted octanol–water partition coefficient (Wildman–Crippen LogP) is 4.98. The number of methoxy groups -OCH3 is 7. The molecule has 0 amide bonds. The van der Waals surface area contributed by atoms with Gasteiger partial charge in [-0.3, -0.25) is 0 Å². The summed E-state index contributed by atoms with van der Waals surface area (Å²) in [5.74, 6) is 2.02. The Bertz CT molecular complexity index is 1980. The molecule has 3 aromatic rings. The summed E-state index contributed by atoms with van der Waals surface area (Å²) in [6, 6.07) is 11.9. The fraction of sp³-hybridized carbons (Fsp3) is 0.703. The van der Waals surface area contributed by atoms with Crippen molar-refractivity contribution in [1.29, 1.82) is 0 Å². The van der Waals surface area contributed by atoms with Crippen molar-refractivity contribution >= 4 is 5.97 Å². The van der Waals surface area contributed by atoms with Crippen LogP contribution in [0.15, 0.2) is 42.5 Å². The number of benzene rings is 3. The summed E-state index contributed by atoms with van der Waals surface area (Å²) in [6.45, 7) is 12.4. The van der Waals surface area contributed by atoms with Crippen LogP contribution in [0, 0.1) is 0 Å². The van der Waals surface area contributed by atoms with E-state index in [9.17, 15) is 4.79 Å². The highest BCUT2D eigenvalue weighted by atomic mass is 16.6. The van der Waals surface area contributed by atoms with E-state index < -0.39 is 5.97 Å². The zero-order valence-electron chi connectivity index (χ0n) is 55.3. The van der Waals surface area contributed by atoms with Crippen LogP contribution >= 0.6 is 0 Å².